The van der Waals surface area contributed by atoms with Crippen molar-refractivity contribution in [2.75, 3.05) is 36.1 Å². The van der Waals surface area contributed by atoms with Crippen LogP contribution < -0.4 is 26.8 Å². The van der Waals surface area contributed by atoms with Gasteiger partial charge in [0.2, 0.25) is 0 Å². The second-order valence-electron chi connectivity index (χ2n) is 7.57. The van der Waals surface area contributed by atoms with E-state index in [1.807, 2.05) is 36.4 Å². The van der Waals surface area contributed by atoms with Gasteiger partial charge in [0, 0.05) is 47.6 Å². The summed E-state index contributed by atoms with van der Waals surface area (Å²) in [6.07, 6.45) is 2.37. The van der Waals surface area contributed by atoms with Crippen molar-refractivity contribution in [2.24, 2.45) is 5.73 Å². The lowest BCUT2D eigenvalue weighted by Crippen LogP contribution is -2.32. The average Bonchev–Trinajstić information content (AvgIpc) is 3.22. The lowest BCUT2D eigenvalue weighted by atomic mass is 10.2. The zero-order chi connectivity index (χ0) is 22.5. The largest absolute Gasteiger partial charge is 0.457 e. The van der Waals surface area contributed by atoms with Crippen molar-refractivity contribution in [1.29, 1.82) is 0 Å². The lowest BCUT2D eigenvalue weighted by molar-refractivity contribution is 0.0784. The molecule has 1 fully saturated rings. The molecule has 0 radical (unpaired) electrons. The van der Waals surface area contributed by atoms with Crippen LogP contribution in [-0.2, 0) is 0 Å². The van der Waals surface area contributed by atoms with Gasteiger partial charge in [-0.1, -0.05) is 15.9 Å². The van der Waals surface area contributed by atoms with E-state index in [-0.39, 0.29) is 11.9 Å². The van der Waals surface area contributed by atoms with Gasteiger partial charge in [-0.25, -0.2) is 0 Å². The number of pyridine rings is 1. The first kappa shape index (κ1) is 21.9. The van der Waals surface area contributed by atoms with Gasteiger partial charge in [-0.3, -0.25) is 9.78 Å². The van der Waals surface area contributed by atoms with E-state index in [0.29, 0.717) is 42.6 Å². The van der Waals surface area contributed by atoms with Crippen LogP contribution in [0.3, 0.4) is 0 Å². The van der Waals surface area contributed by atoms with Crippen molar-refractivity contribution < 1.29 is 9.53 Å². The molecular weight excluding hydrogens is 472 g/mol. The number of carbonyl (C=O) groups excluding carboxylic acids is 1. The summed E-state index contributed by atoms with van der Waals surface area (Å²) < 4.78 is 6.94. The third-order valence-corrected chi connectivity index (χ3v) is 5.67. The first-order valence-electron chi connectivity index (χ1n) is 10.3. The molecule has 4 rings (SSSR count). The van der Waals surface area contributed by atoms with Crippen molar-refractivity contribution in [1.82, 2.24) is 9.88 Å². The van der Waals surface area contributed by atoms with Crippen molar-refractivity contribution in [3.63, 3.8) is 0 Å². The predicted molar refractivity (Wildman–Crippen MR) is 130 cm³/mol. The van der Waals surface area contributed by atoms with E-state index in [1.54, 1.807) is 29.3 Å². The molecule has 2 aromatic carbocycles. The SMILES string of the molecule is Nc1cc(Oc2ccnc(C(=O)N3CCC(N)C3)c2)ccc1NCNc1ccc(Br)cc1. The van der Waals surface area contributed by atoms with Gasteiger partial charge in [-0.05, 0) is 48.9 Å². The Morgan fingerprint density at radius 2 is 1.91 bits per heavy atom. The molecule has 1 unspecified atom stereocenters. The predicted octanol–water partition coefficient (Wildman–Crippen LogP) is 3.87. The summed E-state index contributed by atoms with van der Waals surface area (Å²) in [6.45, 7) is 1.71. The number of hydrogen-bond donors (Lipinski definition) is 4. The molecule has 1 saturated heterocycles. The van der Waals surface area contributed by atoms with E-state index < -0.39 is 0 Å². The number of anilines is 3. The molecule has 32 heavy (non-hydrogen) atoms. The molecule has 6 N–H and O–H groups in total. The molecule has 0 saturated carbocycles. The van der Waals surface area contributed by atoms with Gasteiger partial charge in [0.05, 0.1) is 18.0 Å². The molecule has 0 spiro atoms. The lowest BCUT2D eigenvalue weighted by Gasteiger charge is -2.16. The quantitative estimate of drug-likeness (QED) is 0.289. The van der Waals surface area contributed by atoms with E-state index in [1.165, 1.54) is 0 Å². The van der Waals surface area contributed by atoms with Crippen LogP contribution in [0.1, 0.15) is 16.9 Å². The van der Waals surface area contributed by atoms with Crippen molar-refractivity contribution in [2.45, 2.75) is 12.5 Å². The second-order valence-corrected chi connectivity index (χ2v) is 8.48. The number of nitrogens with one attached hydrogen (secondary N) is 2. The van der Waals surface area contributed by atoms with Gasteiger partial charge in [-0.15, -0.1) is 0 Å². The summed E-state index contributed by atoms with van der Waals surface area (Å²) in [5.41, 5.74) is 14.8. The number of halogens is 1. The number of nitrogen functional groups attached to an aromatic ring is 1. The van der Waals surface area contributed by atoms with E-state index in [0.717, 1.165) is 22.3 Å². The first-order chi connectivity index (χ1) is 15.5. The first-order valence-corrected chi connectivity index (χ1v) is 11.1. The molecule has 1 atom stereocenters. The molecular formula is C23H25BrN6O2. The van der Waals surface area contributed by atoms with Crippen molar-refractivity contribution >= 4 is 38.9 Å². The highest BCUT2D eigenvalue weighted by molar-refractivity contribution is 9.10. The Bertz CT molecular complexity index is 1090. The highest BCUT2D eigenvalue weighted by Crippen LogP contribution is 2.28. The van der Waals surface area contributed by atoms with Crippen LogP contribution in [0.25, 0.3) is 0 Å². The Balaban J connectivity index is 1.36. The third-order valence-electron chi connectivity index (χ3n) is 5.14. The maximum absolute atomic E-state index is 12.6. The molecule has 2 heterocycles. The van der Waals surface area contributed by atoms with Gasteiger partial charge in [0.25, 0.3) is 5.91 Å². The molecule has 1 amide bonds. The summed E-state index contributed by atoms with van der Waals surface area (Å²) >= 11 is 3.42. The van der Waals surface area contributed by atoms with Crippen LogP contribution in [0.15, 0.2) is 65.3 Å². The number of aromatic nitrogens is 1. The smallest absolute Gasteiger partial charge is 0.272 e. The number of nitrogens with zero attached hydrogens (tertiary/aromatic N) is 2. The zero-order valence-electron chi connectivity index (χ0n) is 17.4. The van der Waals surface area contributed by atoms with Crippen LogP contribution in [-0.4, -0.2) is 41.6 Å². The van der Waals surface area contributed by atoms with E-state index in [2.05, 4.69) is 31.5 Å². The number of amides is 1. The molecule has 1 aliphatic heterocycles. The monoisotopic (exact) mass is 496 g/mol. The standard InChI is InChI=1S/C23H25BrN6O2/c24-15-1-3-17(4-2-15)28-14-29-21-6-5-18(11-20(21)26)32-19-7-9-27-22(12-19)23(31)30-10-8-16(25)13-30/h1-7,9,11-12,16,28-29H,8,10,13-14,25-26H2. The summed E-state index contributed by atoms with van der Waals surface area (Å²) in [5, 5.41) is 6.53. The van der Waals surface area contributed by atoms with Gasteiger partial charge in [0.1, 0.15) is 17.2 Å². The molecule has 166 valence electrons. The average molecular weight is 497 g/mol. The van der Waals surface area contributed by atoms with Crippen LogP contribution in [0, 0.1) is 0 Å². The number of hydrogen-bond acceptors (Lipinski definition) is 7. The Hall–Kier alpha value is -3.30. The number of nitrogens with two attached hydrogens (primary N) is 2. The molecule has 8 nitrogen and oxygen atoms in total. The Kier molecular flexibility index (Phi) is 6.77. The molecule has 3 aromatic rings. The Labute approximate surface area is 195 Å². The zero-order valence-corrected chi connectivity index (χ0v) is 19.0. The van der Waals surface area contributed by atoms with Crippen LogP contribution in [0.5, 0.6) is 11.5 Å². The number of likely N-dealkylation sites (tertiary alicyclic amines) is 1. The molecule has 1 aromatic heterocycles. The second kappa shape index (κ2) is 9.88. The van der Waals surface area contributed by atoms with Gasteiger partial charge in [0.15, 0.2) is 0 Å². The fraction of sp³-hybridized carbons (Fsp3) is 0.217. The minimum absolute atomic E-state index is 0.0264. The summed E-state index contributed by atoms with van der Waals surface area (Å²) in [5.74, 6) is 0.950. The van der Waals surface area contributed by atoms with Crippen LogP contribution >= 0.6 is 15.9 Å². The summed E-state index contributed by atoms with van der Waals surface area (Å²) in [6, 6.07) is 16.7. The normalized spacial score (nSPS) is 15.4. The van der Waals surface area contributed by atoms with E-state index in [4.69, 9.17) is 16.2 Å². The number of rotatable bonds is 7. The number of benzene rings is 2. The molecule has 9 heteroatoms. The fourth-order valence-corrected chi connectivity index (χ4v) is 3.70. The van der Waals surface area contributed by atoms with E-state index >= 15 is 0 Å². The highest BCUT2D eigenvalue weighted by Gasteiger charge is 2.25. The van der Waals surface area contributed by atoms with Gasteiger partial charge in [-0.2, -0.15) is 0 Å². The number of carbonyl (C=O) groups is 1. The maximum atomic E-state index is 12.6. The Morgan fingerprint density at radius 3 is 2.62 bits per heavy atom. The van der Waals surface area contributed by atoms with Crippen LogP contribution in [0.2, 0.25) is 0 Å². The van der Waals surface area contributed by atoms with Crippen molar-refractivity contribution in [3.05, 3.63) is 71.0 Å². The maximum Gasteiger partial charge on any atom is 0.272 e. The van der Waals surface area contributed by atoms with Gasteiger partial charge < -0.3 is 31.7 Å². The minimum Gasteiger partial charge on any atom is -0.457 e. The van der Waals surface area contributed by atoms with Crippen molar-refractivity contribution in [3.8, 4) is 11.5 Å². The molecule has 1 aliphatic rings. The van der Waals surface area contributed by atoms with Gasteiger partial charge >= 0.3 is 0 Å². The third kappa shape index (κ3) is 5.49. The topological polar surface area (TPSA) is 119 Å². The van der Waals surface area contributed by atoms with Crippen LogP contribution in [0.4, 0.5) is 17.1 Å². The fourth-order valence-electron chi connectivity index (χ4n) is 3.44. The minimum atomic E-state index is -0.138. The summed E-state index contributed by atoms with van der Waals surface area (Å²) in [7, 11) is 0. The molecule has 0 aliphatic carbocycles. The van der Waals surface area contributed by atoms with E-state index in [9.17, 15) is 4.79 Å². The number of ether oxygens (including phenoxy) is 1. The highest BCUT2D eigenvalue weighted by atomic mass is 79.9. The summed E-state index contributed by atoms with van der Waals surface area (Å²) in [4.78, 5) is 18.5. The Morgan fingerprint density at radius 1 is 1.12 bits per heavy atom. The molecule has 0 bridgehead atoms.